The molecule has 1 aromatic heterocycles. The maximum atomic E-state index is 12.4. The summed E-state index contributed by atoms with van der Waals surface area (Å²) in [5, 5.41) is 17.2. The maximum absolute atomic E-state index is 12.4. The lowest BCUT2D eigenvalue weighted by Gasteiger charge is -2.21. The fourth-order valence-corrected chi connectivity index (χ4v) is 2.98. The van der Waals surface area contributed by atoms with E-state index in [9.17, 15) is 19.7 Å². The number of nitrogens with one attached hydrogen (secondary N) is 2. The quantitative estimate of drug-likeness (QED) is 0.471. The molecule has 0 bridgehead atoms. The fourth-order valence-electron chi connectivity index (χ4n) is 2.98. The Labute approximate surface area is 154 Å². The smallest absolute Gasteiger partial charge is 0.318 e. The highest BCUT2D eigenvalue weighted by Crippen LogP contribution is 2.43. The van der Waals surface area contributed by atoms with E-state index < -0.39 is 22.2 Å². The second kappa shape index (κ2) is 7.02. The van der Waals surface area contributed by atoms with Gasteiger partial charge in [-0.15, -0.1) is 0 Å². The molecule has 3 rings (SSSR count). The highest BCUT2D eigenvalue weighted by molar-refractivity contribution is 6.06. The van der Waals surface area contributed by atoms with Crippen LogP contribution in [0.15, 0.2) is 36.7 Å². The van der Waals surface area contributed by atoms with Crippen molar-refractivity contribution < 1.29 is 19.2 Å². The third kappa shape index (κ3) is 3.31. The molecule has 0 radical (unpaired) electrons. The van der Waals surface area contributed by atoms with Crippen LogP contribution in [0.2, 0.25) is 0 Å². The number of nitro groups is 1. The summed E-state index contributed by atoms with van der Waals surface area (Å²) in [5.74, 6) is -0.953. The minimum atomic E-state index is -1.04. The highest BCUT2D eigenvalue weighted by Gasteiger charge is 2.44. The summed E-state index contributed by atoms with van der Waals surface area (Å²) < 4.78 is 5.11. The van der Waals surface area contributed by atoms with E-state index in [1.807, 2.05) is 0 Å². The number of nitro benzene ring substituents is 1. The number of ether oxygens (including phenoxy) is 1. The zero-order valence-corrected chi connectivity index (χ0v) is 14.8. The van der Waals surface area contributed by atoms with Crippen LogP contribution in [-0.4, -0.2) is 34.9 Å². The monoisotopic (exact) mass is 370 g/mol. The minimum Gasteiger partial charge on any atom is -0.465 e. The summed E-state index contributed by atoms with van der Waals surface area (Å²) in [6.45, 7) is 3.83. The molecule has 9 nitrogen and oxygen atoms in total. The number of benzene rings is 1. The topological polar surface area (TPSA) is 123 Å². The Morgan fingerprint density at radius 2 is 2.07 bits per heavy atom. The molecule has 0 saturated carbocycles. The Morgan fingerprint density at radius 1 is 1.37 bits per heavy atom. The predicted molar refractivity (Wildman–Crippen MR) is 97.8 cm³/mol. The van der Waals surface area contributed by atoms with Crippen molar-refractivity contribution in [1.82, 2.24) is 4.98 Å². The molecule has 2 heterocycles. The largest absolute Gasteiger partial charge is 0.465 e. The van der Waals surface area contributed by atoms with Crippen LogP contribution < -0.4 is 10.6 Å². The standard InChI is InChI=1S/C18H18N4O5/c1-3-27-17(24)18(2)10-20-13-9-14(15(22(25)26)8-12(13)18)21-16(23)11-4-6-19-7-5-11/h4-9,20H,3,10H2,1-2H3,(H,21,23). The molecule has 27 heavy (non-hydrogen) atoms. The highest BCUT2D eigenvalue weighted by atomic mass is 16.6. The van der Waals surface area contributed by atoms with Crippen molar-refractivity contribution in [2.24, 2.45) is 0 Å². The van der Waals surface area contributed by atoms with E-state index in [0.717, 1.165) is 0 Å². The number of fused-ring (bicyclic) bond motifs is 1. The molecule has 9 heteroatoms. The van der Waals surface area contributed by atoms with Crippen LogP contribution in [0.3, 0.4) is 0 Å². The molecular formula is C18H18N4O5. The first kappa shape index (κ1) is 18.3. The Bertz CT molecular complexity index is 915. The number of aromatic nitrogens is 1. The molecule has 1 unspecified atom stereocenters. The number of amides is 1. The number of carbonyl (C=O) groups is 2. The third-order valence-corrected chi connectivity index (χ3v) is 4.48. The van der Waals surface area contributed by atoms with E-state index in [4.69, 9.17) is 4.74 Å². The van der Waals surface area contributed by atoms with Crippen LogP contribution in [0.5, 0.6) is 0 Å². The van der Waals surface area contributed by atoms with Crippen LogP contribution >= 0.6 is 0 Å². The number of anilines is 2. The van der Waals surface area contributed by atoms with Gasteiger partial charge in [-0.05, 0) is 32.0 Å². The molecule has 1 amide bonds. The average Bonchev–Trinajstić information content (AvgIpc) is 2.99. The lowest BCUT2D eigenvalue weighted by molar-refractivity contribution is -0.384. The summed E-state index contributed by atoms with van der Waals surface area (Å²) in [4.78, 5) is 39.5. The maximum Gasteiger partial charge on any atom is 0.318 e. The van der Waals surface area contributed by atoms with Crippen molar-refractivity contribution in [2.75, 3.05) is 23.8 Å². The molecule has 1 aromatic carbocycles. The predicted octanol–water partition coefficient (Wildman–Crippen LogP) is 2.49. The van der Waals surface area contributed by atoms with Gasteiger partial charge in [0, 0.05) is 41.8 Å². The summed E-state index contributed by atoms with van der Waals surface area (Å²) in [5.41, 5.74) is 0.0421. The van der Waals surface area contributed by atoms with E-state index >= 15 is 0 Å². The van der Waals surface area contributed by atoms with Crippen LogP contribution in [-0.2, 0) is 14.9 Å². The molecule has 1 aliphatic heterocycles. The van der Waals surface area contributed by atoms with Gasteiger partial charge < -0.3 is 15.4 Å². The van der Waals surface area contributed by atoms with Crippen molar-refractivity contribution in [1.29, 1.82) is 0 Å². The van der Waals surface area contributed by atoms with Gasteiger partial charge in [0.1, 0.15) is 11.1 Å². The molecule has 0 saturated heterocycles. The Morgan fingerprint density at radius 3 is 2.70 bits per heavy atom. The second-order valence-electron chi connectivity index (χ2n) is 6.27. The number of carbonyl (C=O) groups excluding carboxylic acids is 2. The summed E-state index contributed by atoms with van der Waals surface area (Å²) in [7, 11) is 0. The molecule has 2 aromatic rings. The lowest BCUT2D eigenvalue weighted by atomic mass is 9.84. The van der Waals surface area contributed by atoms with Crippen LogP contribution in [0, 0.1) is 10.1 Å². The number of rotatable bonds is 5. The van der Waals surface area contributed by atoms with E-state index in [-0.39, 0.29) is 24.5 Å². The van der Waals surface area contributed by atoms with E-state index in [2.05, 4.69) is 15.6 Å². The van der Waals surface area contributed by atoms with Gasteiger partial charge in [0.2, 0.25) is 0 Å². The van der Waals surface area contributed by atoms with Gasteiger partial charge in [-0.1, -0.05) is 0 Å². The first-order valence-electron chi connectivity index (χ1n) is 8.32. The number of hydrogen-bond donors (Lipinski definition) is 2. The molecular weight excluding hydrogens is 352 g/mol. The molecule has 0 fully saturated rings. The number of esters is 1. The van der Waals surface area contributed by atoms with Crippen molar-refractivity contribution >= 4 is 28.9 Å². The molecule has 1 aliphatic rings. The van der Waals surface area contributed by atoms with Crippen molar-refractivity contribution in [3.63, 3.8) is 0 Å². The molecule has 0 aliphatic carbocycles. The van der Waals surface area contributed by atoms with E-state index in [1.54, 1.807) is 13.8 Å². The van der Waals surface area contributed by atoms with Crippen LogP contribution in [0.1, 0.15) is 29.8 Å². The van der Waals surface area contributed by atoms with Gasteiger partial charge in [0.05, 0.1) is 11.5 Å². The average molecular weight is 370 g/mol. The Balaban J connectivity index is 2.00. The van der Waals surface area contributed by atoms with Crippen LogP contribution in [0.4, 0.5) is 17.1 Å². The minimum absolute atomic E-state index is 0.0428. The second-order valence-corrected chi connectivity index (χ2v) is 6.27. The Kier molecular flexibility index (Phi) is 4.76. The summed E-state index contributed by atoms with van der Waals surface area (Å²) >= 11 is 0. The Hall–Kier alpha value is -3.49. The fraction of sp³-hybridized carbons (Fsp3) is 0.278. The molecule has 0 spiro atoms. The lowest BCUT2D eigenvalue weighted by Crippen LogP contribution is -2.36. The van der Waals surface area contributed by atoms with Gasteiger partial charge in [-0.25, -0.2) is 0 Å². The van der Waals surface area contributed by atoms with Gasteiger partial charge >= 0.3 is 5.97 Å². The molecule has 2 N–H and O–H groups in total. The third-order valence-electron chi connectivity index (χ3n) is 4.48. The molecule has 140 valence electrons. The number of pyridine rings is 1. The van der Waals surface area contributed by atoms with Crippen molar-refractivity contribution in [2.45, 2.75) is 19.3 Å². The number of nitrogens with zero attached hydrogens (tertiary/aromatic N) is 2. The summed E-state index contributed by atoms with van der Waals surface area (Å²) in [6, 6.07) is 5.79. The summed E-state index contributed by atoms with van der Waals surface area (Å²) in [6.07, 6.45) is 2.91. The zero-order chi connectivity index (χ0) is 19.6. The first-order chi connectivity index (χ1) is 12.9. The number of hydrogen-bond acceptors (Lipinski definition) is 7. The first-order valence-corrected chi connectivity index (χ1v) is 8.32. The van der Waals surface area contributed by atoms with Crippen LogP contribution in [0.25, 0.3) is 0 Å². The van der Waals surface area contributed by atoms with E-state index in [1.165, 1.54) is 36.7 Å². The van der Waals surface area contributed by atoms with E-state index in [0.29, 0.717) is 16.8 Å². The zero-order valence-electron chi connectivity index (χ0n) is 14.8. The van der Waals surface area contributed by atoms with Gasteiger partial charge in [-0.3, -0.25) is 24.7 Å². The van der Waals surface area contributed by atoms with Crippen molar-refractivity contribution in [3.05, 3.63) is 57.9 Å². The van der Waals surface area contributed by atoms with Gasteiger partial charge in [0.25, 0.3) is 11.6 Å². The SMILES string of the molecule is CCOC(=O)C1(C)CNc2cc(NC(=O)c3ccncc3)c([N+](=O)[O-])cc21. The van der Waals surface area contributed by atoms with Gasteiger partial charge in [0.15, 0.2) is 0 Å². The molecule has 1 atom stereocenters. The normalized spacial score (nSPS) is 17.6. The van der Waals surface area contributed by atoms with Crippen molar-refractivity contribution in [3.8, 4) is 0 Å². The van der Waals surface area contributed by atoms with Gasteiger partial charge in [-0.2, -0.15) is 0 Å².